The normalized spacial score (nSPS) is 11.2. The molecule has 0 spiro atoms. The van der Waals surface area contributed by atoms with Crippen molar-refractivity contribution in [1.29, 1.82) is 0 Å². The van der Waals surface area contributed by atoms with Gasteiger partial charge in [0.2, 0.25) is 0 Å². The lowest BCUT2D eigenvalue weighted by atomic mass is 10.1. The predicted molar refractivity (Wildman–Crippen MR) is 87.5 cm³/mol. The number of hydrogen-bond acceptors (Lipinski definition) is 2. The third-order valence-corrected chi connectivity index (χ3v) is 3.90. The van der Waals surface area contributed by atoms with Crippen molar-refractivity contribution < 1.29 is 4.39 Å². The lowest BCUT2D eigenvalue weighted by Gasteiger charge is -1.99. The van der Waals surface area contributed by atoms with E-state index < -0.39 is 0 Å². The Morgan fingerprint density at radius 2 is 1.96 bits per heavy atom. The van der Waals surface area contributed by atoms with Crippen molar-refractivity contribution in [3.63, 3.8) is 0 Å². The minimum absolute atomic E-state index is 0.197. The van der Waals surface area contributed by atoms with Crippen LogP contribution in [0.5, 0.6) is 0 Å². The molecule has 0 atom stereocenters. The van der Waals surface area contributed by atoms with Crippen molar-refractivity contribution >= 4 is 11.0 Å². The summed E-state index contributed by atoms with van der Waals surface area (Å²) in [5.41, 5.74) is 5.04. The van der Waals surface area contributed by atoms with E-state index in [4.69, 9.17) is 0 Å². The van der Waals surface area contributed by atoms with E-state index in [9.17, 15) is 4.39 Å². The number of benzene rings is 2. The molecule has 0 aliphatic rings. The van der Waals surface area contributed by atoms with Gasteiger partial charge < -0.3 is 4.98 Å². The first-order valence-corrected chi connectivity index (χ1v) is 7.50. The molecule has 0 saturated heterocycles. The van der Waals surface area contributed by atoms with Crippen LogP contribution in [-0.4, -0.2) is 20.2 Å². The van der Waals surface area contributed by atoms with E-state index in [1.54, 1.807) is 18.3 Å². The van der Waals surface area contributed by atoms with Gasteiger partial charge in [0.15, 0.2) is 0 Å². The van der Waals surface area contributed by atoms with Crippen LogP contribution >= 0.6 is 0 Å². The van der Waals surface area contributed by atoms with Crippen molar-refractivity contribution in [1.82, 2.24) is 20.2 Å². The molecule has 0 radical (unpaired) electrons. The molecule has 2 N–H and O–H groups in total. The van der Waals surface area contributed by atoms with Crippen LogP contribution in [0.2, 0.25) is 0 Å². The number of nitrogens with one attached hydrogen (secondary N) is 2. The van der Waals surface area contributed by atoms with Gasteiger partial charge in [0, 0.05) is 18.2 Å². The van der Waals surface area contributed by atoms with Gasteiger partial charge in [-0.1, -0.05) is 18.2 Å². The molecule has 0 aliphatic carbocycles. The van der Waals surface area contributed by atoms with Crippen molar-refractivity contribution in [2.24, 2.45) is 0 Å². The maximum Gasteiger partial charge on any atom is 0.123 e. The molecule has 114 valence electrons. The van der Waals surface area contributed by atoms with E-state index in [1.807, 2.05) is 24.4 Å². The van der Waals surface area contributed by atoms with E-state index in [0.717, 1.165) is 46.4 Å². The average Bonchev–Trinajstić information content (AvgIpc) is 3.21. The summed E-state index contributed by atoms with van der Waals surface area (Å²) >= 11 is 0. The SMILES string of the molecule is Fc1cccc(CCc2nc3ccc(-c4cn[nH]c4)cc3[nH]2)c1. The molecule has 4 nitrogen and oxygen atoms in total. The Labute approximate surface area is 132 Å². The Morgan fingerprint density at radius 3 is 2.78 bits per heavy atom. The van der Waals surface area contributed by atoms with Gasteiger partial charge in [-0.25, -0.2) is 9.37 Å². The Balaban J connectivity index is 1.57. The molecule has 4 rings (SSSR count). The van der Waals surface area contributed by atoms with Crippen LogP contribution < -0.4 is 0 Å². The molecule has 5 heteroatoms. The maximum absolute atomic E-state index is 13.2. The summed E-state index contributed by atoms with van der Waals surface area (Å²) in [6.45, 7) is 0. The number of rotatable bonds is 4. The lowest BCUT2D eigenvalue weighted by Crippen LogP contribution is -1.93. The van der Waals surface area contributed by atoms with E-state index in [0.29, 0.717) is 0 Å². The summed E-state index contributed by atoms with van der Waals surface area (Å²) in [5, 5.41) is 6.79. The number of H-pyrrole nitrogens is 2. The second-order valence-corrected chi connectivity index (χ2v) is 5.53. The summed E-state index contributed by atoms with van der Waals surface area (Å²) in [6.07, 6.45) is 5.16. The smallest absolute Gasteiger partial charge is 0.123 e. The quantitative estimate of drug-likeness (QED) is 0.601. The van der Waals surface area contributed by atoms with Crippen LogP contribution in [0, 0.1) is 5.82 Å². The Bertz CT molecular complexity index is 941. The highest BCUT2D eigenvalue weighted by Gasteiger charge is 2.06. The molecule has 0 aliphatic heterocycles. The zero-order chi connectivity index (χ0) is 15.6. The van der Waals surface area contributed by atoms with Gasteiger partial charge in [0.05, 0.1) is 17.2 Å². The van der Waals surface area contributed by atoms with E-state index in [-0.39, 0.29) is 5.82 Å². The van der Waals surface area contributed by atoms with Crippen molar-refractivity contribution in [2.75, 3.05) is 0 Å². The standard InChI is InChI=1S/C18H15FN4/c19-15-3-1-2-12(8-15)4-7-18-22-16-6-5-13(9-17(16)23-18)14-10-20-21-11-14/h1-3,5-6,8-11H,4,7H2,(H,20,21)(H,22,23). The van der Waals surface area contributed by atoms with E-state index in [1.165, 1.54) is 6.07 Å². The monoisotopic (exact) mass is 306 g/mol. The van der Waals surface area contributed by atoms with E-state index in [2.05, 4.69) is 26.2 Å². The van der Waals surface area contributed by atoms with Crippen LogP contribution in [0.15, 0.2) is 54.9 Å². The molecule has 23 heavy (non-hydrogen) atoms. The molecule has 2 heterocycles. The molecule has 0 bridgehead atoms. The van der Waals surface area contributed by atoms with Crippen LogP contribution in [-0.2, 0) is 12.8 Å². The molecule has 2 aromatic carbocycles. The van der Waals surface area contributed by atoms with Gasteiger partial charge in [-0.15, -0.1) is 0 Å². The molecule has 0 saturated carbocycles. The molecule has 0 amide bonds. The highest BCUT2D eigenvalue weighted by atomic mass is 19.1. The van der Waals surface area contributed by atoms with Gasteiger partial charge in [-0.2, -0.15) is 5.10 Å². The number of halogens is 1. The molecular formula is C18H15FN4. The number of imidazole rings is 1. The molecular weight excluding hydrogens is 291 g/mol. The second kappa shape index (κ2) is 5.68. The van der Waals surface area contributed by atoms with Gasteiger partial charge in [-0.05, 0) is 41.8 Å². The fraction of sp³-hybridized carbons (Fsp3) is 0.111. The summed E-state index contributed by atoms with van der Waals surface area (Å²) in [7, 11) is 0. The first-order chi connectivity index (χ1) is 11.3. The largest absolute Gasteiger partial charge is 0.342 e. The topological polar surface area (TPSA) is 57.4 Å². The van der Waals surface area contributed by atoms with Crippen molar-refractivity contribution in [3.8, 4) is 11.1 Å². The van der Waals surface area contributed by atoms with Crippen LogP contribution in [0.1, 0.15) is 11.4 Å². The van der Waals surface area contributed by atoms with Gasteiger partial charge in [0.25, 0.3) is 0 Å². The van der Waals surface area contributed by atoms with Gasteiger partial charge in [0.1, 0.15) is 11.6 Å². The fourth-order valence-electron chi connectivity index (χ4n) is 2.72. The van der Waals surface area contributed by atoms with E-state index >= 15 is 0 Å². The van der Waals surface area contributed by atoms with Crippen LogP contribution in [0.3, 0.4) is 0 Å². The summed E-state index contributed by atoms with van der Waals surface area (Å²) in [5.74, 6) is 0.713. The zero-order valence-electron chi connectivity index (χ0n) is 12.4. The number of aryl methyl sites for hydroxylation is 2. The lowest BCUT2D eigenvalue weighted by molar-refractivity contribution is 0.625. The average molecular weight is 306 g/mol. The minimum atomic E-state index is -0.197. The Kier molecular flexibility index (Phi) is 3.38. The summed E-state index contributed by atoms with van der Waals surface area (Å²) in [4.78, 5) is 7.95. The van der Waals surface area contributed by atoms with Crippen LogP contribution in [0.25, 0.3) is 22.2 Å². The summed E-state index contributed by atoms with van der Waals surface area (Å²) in [6, 6.07) is 12.8. The number of aromatic nitrogens is 4. The Hall–Kier alpha value is -2.95. The van der Waals surface area contributed by atoms with Crippen molar-refractivity contribution in [3.05, 3.63) is 72.1 Å². The molecule has 0 unspecified atom stereocenters. The van der Waals surface area contributed by atoms with Crippen molar-refractivity contribution in [2.45, 2.75) is 12.8 Å². The number of nitrogens with zero attached hydrogens (tertiary/aromatic N) is 2. The third kappa shape index (κ3) is 2.85. The number of fused-ring (bicyclic) bond motifs is 1. The zero-order valence-corrected chi connectivity index (χ0v) is 12.4. The number of aromatic amines is 2. The second-order valence-electron chi connectivity index (χ2n) is 5.53. The van der Waals surface area contributed by atoms with Gasteiger partial charge >= 0.3 is 0 Å². The Morgan fingerprint density at radius 1 is 1.00 bits per heavy atom. The van der Waals surface area contributed by atoms with Gasteiger partial charge in [-0.3, -0.25) is 5.10 Å². The molecule has 0 fully saturated rings. The predicted octanol–water partition coefficient (Wildman–Crippen LogP) is 3.88. The highest BCUT2D eigenvalue weighted by Crippen LogP contribution is 2.22. The highest BCUT2D eigenvalue weighted by molar-refractivity contribution is 5.81. The molecule has 2 aromatic heterocycles. The third-order valence-electron chi connectivity index (χ3n) is 3.90. The first-order valence-electron chi connectivity index (χ1n) is 7.50. The maximum atomic E-state index is 13.2. The fourth-order valence-corrected chi connectivity index (χ4v) is 2.72. The molecule has 4 aromatic rings. The summed E-state index contributed by atoms with van der Waals surface area (Å²) < 4.78 is 13.2. The first kappa shape index (κ1) is 13.7. The number of hydrogen-bond donors (Lipinski definition) is 2. The minimum Gasteiger partial charge on any atom is -0.342 e. The van der Waals surface area contributed by atoms with Crippen LogP contribution in [0.4, 0.5) is 4.39 Å².